The average molecular weight is 285 g/mol. The molecule has 0 aliphatic rings. The first-order chi connectivity index (χ1) is 10.3. The van der Waals surface area contributed by atoms with Crippen LogP contribution in [-0.4, -0.2) is 19.8 Å². The monoisotopic (exact) mass is 285 g/mol. The van der Waals surface area contributed by atoms with Gasteiger partial charge in [-0.15, -0.1) is 0 Å². The Morgan fingerprint density at radius 2 is 1.67 bits per heavy atom. The second kappa shape index (κ2) is 8.32. The zero-order valence-corrected chi connectivity index (χ0v) is 12.5. The van der Waals surface area contributed by atoms with Crippen molar-refractivity contribution in [3.8, 4) is 11.5 Å². The van der Waals surface area contributed by atoms with E-state index in [0.29, 0.717) is 19.8 Å². The minimum Gasteiger partial charge on any atom is -0.490 e. The van der Waals surface area contributed by atoms with Crippen molar-refractivity contribution in [1.29, 1.82) is 0 Å². The minimum atomic E-state index is 0.626. The van der Waals surface area contributed by atoms with Gasteiger partial charge in [0.15, 0.2) is 11.5 Å². The molecular weight excluding hydrogens is 262 g/mol. The smallest absolute Gasteiger partial charge is 0.161 e. The van der Waals surface area contributed by atoms with Crippen molar-refractivity contribution in [2.24, 2.45) is 5.73 Å². The third-order valence-electron chi connectivity index (χ3n) is 3.23. The Morgan fingerprint density at radius 3 is 2.38 bits per heavy atom. The van der Waals surface area contributed by atoms with Gasteiger partial charge in [0.05, 0.1) is 13.2 Å². The molecule has 0 fully saturated rings. The van der Waals surface area contributed by atoms with Crippen molar-refractivity contribution in [2.75, 3.05) is 19.8 Å². The molecule has 0 spiro atoms. The van der Waals surface area contributed by atoms with Gasteiger partial charge < -0.3 is 15.2 Å². The van der Waals surface area contributed by atoms with Crippen LogP contribution in [-0.2, 0) is 12.8 Å². The van der Waals surface area contributed by atoms with Gasteiger partial charge in [0.25, 0.3) is 0 Å². The minimum absolute atomic E-state index is 0.626. The van der Waals surface area contributed by atoms with E-state index in [9.17, 15) is 0 Å². The molecule has 0 atom stereocenters. The molecule has 0 saturated carbocycles. The average Bonchev–Trinajstić information content (AvgIpc) is 2.51. The number of rotatable bonds is 8. The molecule has 0 radical (unpaired) electrons. The Balaban J connectivity index is 1.98. The van der Waals surface area contributed by atoms with Crippen LogP contribution in [0.4, 0.5) is 0 Å². The van der Waals surface area contributed by atoms with Crippen LogP contribution in [0.3, 0.4) is 0 Å². The van der Waals surface area contributed by atoms with Gasteiger partial charge in [-0.3, -0.25) is 0 Å². The molecule has 2 N–H and O–H groups in total. The summed E-state index contributed by atoms with van der Waals surface area (Å²) < 4.78 is 11.5. The molecule has 0 aliphatic heterocycles. The highest BCUT2D eigenvalue weighted by molar-refractivity contribution is 5.43. The van der Waals surface area contributed by atoms with Crippen molar-refractivity contribution in [2.45, 2.75) is 19.8 Å². The Bertz CT molecular complexity index is 540. The van der Waals surface area contributed by atoms with E-state index in [1.54, 1.807) is 0 Å². The van der Waals surface area contributed by atoms with Crippen LogP contribution in [0, 0.1) is 0 Å². The first-order valence-corrected chi connectivity index (χ1v) is 7.46. The molecule has 3 heteroatoms. The summed E-state index contributed by atoms with van der Waals surface area (Å²) in [6.07, 6.45) is 1.74. The maximum atomic E-state index is 5.87. The van der Waals surface area contributed by atoms with Gasteiger partial charge >= 0.3 is 0 Å². The third-order valence-corrected chi connectivity index (χ3v) is 3.23. The molecule has 0 aromatic heterocycles. The van der Waals surface area contributed by atoms with E-state index in [4.69, 9.17) is 15.2 Å². The number of ether oxygens (including phenoxy) is 2. The first-order valence-electron chi connectivity index (χ1n) is 7.46. The molecule has 2 aromatic rings. The second-order valence-electron chi connectivity index (χ2n) is 4.84. The fourth-order valence-corrected chi connectivity index (χ4v) is 2.19. The Hall–Kier alpha value is -2.00. The predicted octanol–water partition coefficient (Wildman–Crippen LogP) is 3.21. The standard InChI is InChI=1S/C18H23NO2/c1-2-20-18-14-16(10-12-19)8-9-17(18)21-13-11-15-6-4-3-5-7-15/h3-9,14H,2,10-13,19H2,1H3. The molecule has 21 heavy (non-hydrogen) atoms. The SMILES string of the molecule is CCOc1cc(CCN)ccc1OCCc1ccccc1. The molecule has 2 aromatic carbocycles. The molecule has 0 amide bonds. The molecule has 0 bridgehead atoms. The number of hydrogen-bond donors (Lipinski definition) is 1. The van der Waals surface area contributed by atoms with Gasteiger partial charge in [-0.2, -0.15) is 0 Å². The van der Waals surface area contributed by atoms with E-state index >= 15 is 0 Å². The first kappa shape index (κ1) is 15.4. The van der Waals surface area contributed by atoms with Crippen LogP contribution in [0.15, 0.2) is 48.5 Å². The molecule has 0 unspecified atom stereocenters. The summed E-state index contributed by atoms with van der Waals surface area (Å²) in [7, 11) is 0. The van der Waals surface area contributed by atoms with Crippen molar-refractivity contribution >= 4 is 0 Å². The van der Waals surface area contributed by atoms with Gasteiger partial charge in [-0.1, -0.05) is 36.4 Å². The summed E-state index contributed by atoms with van der Waals surface area (Å²) in [5, 5.41) is 0. The summed E-state index contributed by atoms with van der Waals surface area (Å²) >= 11 is 0. The Kier molecular flexibility index (Phi) is 6.10. The molecular formula is C18H23NO2. The van der Waals surface area contributed by atoms with E-state index in [-0.39, 0.29) is 0 Å². The van der Waals surface area contributed by atoms with E-state index in [1.165, 1.54) is 11.1 Å². The zero-order valence-electron chi connectivity index (χ0n) is 12.5. The fraction of sp³-hybridized carbons (Fsp3) is 0.333. The van der Waals surface area contributed by atoms with Crippen LogP contribution in [0.2, 0.25) is 0 Å². The normalized spacial score (nSPS) is 10.4. The van der Waals surface area contributed by atoms with Crippen LogP contribution < -0.4 is 15.2 Å². The van der Waals surface area contributed by atoms with Gasteiger partial charge in [-0.05, 0) is 43.1 Å². The van der Waals surface area contributed by atoms with Crippen LogP contribution in [0.1, 0.15) is 18.1 Å². The molecule has 2 rings (SSSR count). The summed E-state index contributed by atoms with van der Waals surface area (Å²) in [5.74, 6) is 1.60. The molecule has 112 valence electrons. The lowest BCUT2D eigenvalue weighted by Crippen LogP contribution is -2.06. The van der Waals surface area contributed by atoms with Crippen molar-refractivity contribution in [3.63, 3.8) is 0 Å². The van der Waals surface area contributed by atoms with Crippen molar-refractivity contribution < 1.29 is 9.47 Å². The maximum absolute atomic E-state index is 5.87. The van der Waals surface area contributed by atoms with Crippen LogP contribution >= 0.6 is 0 Å². The van der Waals surface area contributed by atoms with Gasteiger partial charge in [0.2, 0.25) is 0 Å². The zero-order chi connectivity index (χ0) is 14.9. The van der Waals surface area contributed by atoms with Crippen molar-refractivity contribution in [3.05, 3.63) is 59.7 Å². The number of benzene rings is 2. The highest BCUT2D eigenvalue weighted by Gasteiger charge is 2.06. The summed E-state index contributed by atoms with van der Waals surface area (Å²) in [6.45, 7) is 3.88. The lowest BCUT2D eigenvalue weighted by molar-refractivity contribution is 0.279. The van der Waals surface area contributed by atoms with E-state index in [2.05, 4.69) is 12.1 Å². The molecule has 3 nitrogen and oxygen atoms in total. The quantitative estimate of drug-likeness (QED) is 0.810. The van der Waals surface area contributed by atoms with Gasteiger partial charge in [0, 0.05) is 6.42 Å². The van der Waals surface area contributed by atoms with Gasteiger partial charge in [0.1, 0.15) is 0 Å². The molecule has 0 saturated heterocycles. The fourth-order valence-electron chi connectivity index (χ4n) is 2.19. The van der Waals surface area contributed by atoms with Gasteiger partial charge in [-0.25, -0.2) is 0 Å². The van der Waals surface area contributed by atoms with E-state index in [0.717, 1.165) is 24.3 Å². The van der Waals surface area contributed by atoms with E-state index in [1.807, 2.05) is 43.3 Å². The van der Waals surface area contributed by atoms with Crippen molar-refractivity contribution in [1.82, 2.24) is 0 Å². The predicted molar refractivity (Wildman–Crippen MR) is 86.0 cm³/mol. The summed E-state index contributed by atoms with van der Waals surface area (Å²) in [4.78, 5) is 0. The van der Waals surface area contributed by atoms with Crippen LogP contribution in [0.25, 0.3) is 0 Å². The Morgan fingerprint density at radius 1 is 0.857 bits per heavy atom. The summed E-state index contributed by atoms with van der Waals surface area (Å²) in [6, 6.07) is 16.4. The third kappa shape index (κ3) is 4.80. The highest BCUT2D eigenvalue weighted by atomic mass is 16.5. The number of nitrogens with two attached hydrogens (primary N) is 1. The lowest BCUT2D eigenvalue weighted by Gasteiger charge is -2.13. The topological polar surface area (TPSA) is 44.5 Å². The van der Waals surface area contributed by atoms with E-state index < -0.39 is 0 Å². The largest absolute Gasteiger partial charge is 0.490 e. The molecule has 0 aliphatic carbocycles. The van der Waals surface area contributed by atoms with Crippen LogP contribution in [0.5, 0.6) is 11.5 Å². The second-order valence-corrected chi connectivity index (χ2v) is 4.84. The lowest BCUT2D eigenvalue weighted by atomic mass is 10.1. The maximum Gasteiger partial charge on any atom is 0.161 e. The number of hydrogen-bond acceptors (Lipinski definition) is 3. The highest BCUT2D eigenvalue weighted by Crippen LogP contribution is 2.28. The Labute approximate surface area is 126 Å². The molecule has 0 heterocycles. The summed E-state index contributed by atoms with van der Waals surface area (Å²) in [5.41, 5.74) is 8.05.